The summed E-state index contributed by atoms with van der Waals surface area (Å²) in [5.74, 6) is 0.927. The van der Waals surface area contributed by atoms with E-state index in [1.165, 1.54) is 0 Å². The predicted molar refractivity (Wildman–Crippen MR) is 75.5 cm³/mol. The number of nitrogens with one attached hydrogen (secondary N) is 1. The molecule has 3 nitrogen and oxygen atoms in total. The maximum atomic E-state index is 6.09. The van der Waals surface area contributed by atoms with Crippen molar-refractivity contribution in [1.82, 2.24) is 14.8 Å². The van der Waals surface area contributed by atoms with Gasteiger partial charge in [-0.05, 0) is 52.8 Å². The minimum Gasteiger partial charge on any atom is -0.272 e. The van der Waals surface area contributed by atoms with Gasteiger partial charge in [0.1, 0.15) is 5.82 Å². The summed E-state index contributed by atoms with van der Waals surface area (Å²) < 4.78 is 3.37. The molecule has 1 aromatic heterocycles. The summed E-state index contributed by atoms with van der Waals surface area (Å²) in [6.07, 6.45) is 1.89. The molecule has 1 heterocycles. The summed E-state index contributed by atoms with van der Waals surface area (Å²) in [7, 11) is 0. The second-order valence-corrected chi connectivity index (χ2v) is 5.28. The highest BCUT2D eigenvalue weighted by molar-refractivity contribution is 9.10. The fourth-order valence-electron chi connectivity index (χ4n) is 1.61. The van der Waals surface area contributed by atoms with Crippen molar-refractivity contribution in [3.8, 4) is 5.69 Å². The van der Waals surface area contributed by atoms with Crippen molar-refractivity contribution in [3.05, 3.63) is 38.3 Å². The molecule has 0 radical (unpaired) electrons. The third-order valence-corrected chi connectivity index (χ3v) is 3.88. The fourth-order valence-corrected chi connectivity index (χ4v) is 2.29. The highest BCUT2D eigenvalue weighted by atomic mass is 79.9. The Morgan fingerprint density at radius 3 is 2.94 bits per heavy atom. The maximum absolute atomic E-state index is 6.09. The molecule has 2 aromatic rings. The number of aromatic nitrogens is 3. The van der Waals surface area contributed by atoms with E-state index in [0.717, 1.165) is 28.8 Å². The molecular weight excluding hydrogens is 322 g/mol. The number of hydrogen-bond acceptors (Lipinski definition) is 2. The molecule has 0 saturated carbocycles. The van der Waals surface area contributed by atoms with Gasteiger partial charge < -0.3 is 0 Å². The van der Waals surface area contributed by atoms with E-state index in [4.69, 9.17) is 23.8 Å². The smallest absolute Gasteiger partial charge is 0.199 e. The van der Waals surface area contributed by atoms with Gasteiger partial charge >= 0.3 is 0 Å². The minimum absolute atomic E-state index is 0.590. The van der Waals surface area contributed by atoms with E-state index in [1.54, 1.807) is 0 Å². The van der Waals surface area contributed by atoms with Crippen LogP contribution >= 0.6 is 39.7 Å². The molecule has 0 amide bonds. The van der Waals surface area contributed by atoms with E-state index < -0.39 is 0 Å². The van der Waals surface area contributed by atoms with Gasteiger partial charge in [0.05, 0.1) is 10.7 Å². The molecule has 0 aliphatic rings. The van der Waals surface area contributed by atoms with Crippen LogP contribution in [-0.2, 0) is 6.42 Å². The van der Waals surface area contributed by atoms with Gasteiger partial charge in [0.2, 0.25) is 0 Å². The van der Waals surface area contributed by atoms with Crippen LogP contribution in [0.25, 0.3) is 5.69 Å². The number of aryl methyl sites for hydroxylation is 1. The van der Waals surface area contributed by atoms with Crippen molar-refractivity contribution in [1.29, 1.82) is 0 Å². The zero-order valence-electron chi connectivity index (χ0n) is 9.20. The lowest BCUT2D eigenvalue weighted by molar-refractivity contribution is 0.801. The van der Waals surface area contributed by atoms with E-state index in [9.17, 15) is 0 Å². The Kier molecular flexibility index (Phi) is 4.01. The molecule has 0 aliphatic heterocycles. The number of H-pyrrole nitrogens is 1. The summed E-state index contributed by atoms with van der Waals surface area (Å²) in [4.78, 5) is 0. The first-order valence-electron chi connectivity index (χ1n) is 5.25. The maximum Gasteiger partial charge on any atom is 0.199 e. The average molecular weight is 333 g/mol. The zero-order valence-corrected chi connectivity index (χ0v) is 12.4. The van der Waals surface area contributed by atoms with Gasteiger partial charge in [-0.15, -0.1) is 0 Å². The second kappa shape index (κ2) is 5.33. The van der Waals surface area contributed by atoms with Crippen LogP contribution in [0.5, 0.6) is 0 Å². The fraction of sp³-hybridized carbons (Fsp3) is 0.273. The van der Waals surface area contributed by atoms with Gasteiger partial charge in [-0.25, -0.2) is 0 Å². The van der Waals surface area contributed by atoms with E-state index in [1.807, 2.05) is 22.8 Å². The Morgan fingerprint density at radius 1 is 1.53 bits per heavy atom. The normalized spacial score (nSPS) is 10.8. The number of benzene rings is 1. The van der Waals surface area contributed by atoms with Gasteiger partial charge in [-0.3, -0.25) is 9.67 Å². The van der Waals surface area contributed by atoms with Crippen LogP contribution in [0.4, 0.5) is 0 Å². The number of aromatic amines is 1. The number of hydrogen-bond donors (Lipinski definition) is 1. The topological polar surface area (TPSA) is 33.6 Å². The summed E-state index contributed by atoms with van der Waals surface area (Å²) in [6, 6.07) is 5.73. The standard InChI is InChI=1S/C11H11BrClN3S/c1-2-3-10-14-15-11(17)16(10)7-4-5-8(12)9(13)6-7/h4-6H,2-3H2,1H3,(H,15,17). The van der Waals surface area contributed by atoms with E-state index in [-0.39, 0.29) is 0 Å². The van der Waals surface area contributed by atoms with Crippen LogP contribution in [0.1, 0.15) is 19.2 Å². The Bertz CT molecular complexity index is 591. The Morgan fingerprint density at radius 2 is 2.29 bits per heavy atom. The van der Waals surface area contributed by atoms with Crippen LogP contribution < -0.4 is 0 Å². The quantitative estimate of drug-likeness (QED) is 0.850. The summed E-state index contributed by atoms with van der Waals surface area (Å²) in [5.41, 5.74) is 0.931. The van der Waals surface area contributed by atoms with Crippen LogP contribution in [0.15, 0.2) is 22.7 Å². The largest absolute Gasteiger partial charge is 0.272 e. The van der Waals surface area contributed by atoms with Crippen molar-refractivity contribution >= 4 is 39.7 Å². The third kappa shape index (κ3) is 2.61. The number of nitrogens with zero attached hydrogens (tertiary/aromatic N) is 2. The van der Waals surface area contributed by atoms with E-state index >= 15 is 0 Å². The first kappa shape index (κ1) is 12.8. The molecule has 0 aliphatic carbocycles. The van der Waals surface area contributed by atoms with Crippen molar-refractivity contribution in [3.63, 3.8) is 0 Å². The minimum atomic E-state index is 0.590. The highest BCUT2D eigenvalue weighted by Crippen LogP contribution is 2.25. The van der Waals surface area contributed by atoms with Crippen LogP contribution in [0, 0.1) is 4.77 Å². The lowest BCUT2D eigenvalue weighted by Crippen LogP contribution is -2.01. The van der Waals surface area contributed by atoms with Gasteiger partial charge in [0.15, 0.2) is 4.77 Å². The molecule has 17 heavy (non-hydrogen) atoms. The monoisotopic (exact) mass is 331 g/mol. The molecule has 6 heteroatoms. The first-order chi connectivity index (χ1) is 8.13. The van der Waals surface area contributed by atoms with Crippen molar-refractivity contribution in [2.75, 3.05) is 0 Å². The van der Waals surface area contributed by atoms with E-state index in [2.05, 4.69) is 33.1 Å². The molecule has 2 rings (SSSR count). The summed E-state index contributed by atoms with van der Waals surface area (Å²) >= 11 is 14.7. The molecule has 0 spiro atoms. The molecule has 1 N–H and O–H groups in total. The highest BCUT2D eigenvalue weighted by Gasteiger charge is 2.08. The molecule has 0 unspecified atom stereocenters. The lowest BCUT2D eigenvalue weighted by Gasteiger charge is -2.07. The Hall–Kier alpha value is -0.650. The van der Waals surface area contributed by atoms with Crippen molar-refractivity contribution in [2.24, 2.45) is 0 Å². The molecule has 0 saturated heterocycles. The van der Waals surface area contributed by atoms with Gasteiger partial charge in [-0.2, -0.15) is 5.10 Å². The van der Waals surface area contributed by atoms with Crippen LogP contribution in [0.3, 0.4) is 0 Å². The third-order valence-electron chi connectivity index (χ3n) is 2.38. The molecule has 0 fully saturated rings. The predicted octanol–water partition coefficient (Wildman–Crippen LogP) is 4.30. The Balaban J connectivity index is 2.55. The average Bonchev–Trinajstić information content (AvgIpc) is 2.65. The second-order valence-electron chi connectivity index (χ2n) is 3.63. The van der Waals surface area contributed by atoms with Crippen LogP contribution in [-0.4, -0.2) is 14.8 Å². The molecule has 0 bridgehead atoms. The zero-order chi connectivity index (χ0) is 12.4. The molecule has 0 atom stereocenters. The van der Waals surface area contributed by atoms with Crippen molar-refractivity contribution in [2.45, 2.75) is 19.8 Å². The first-order valence-corrected chi connectivity index (χ1v) is 6.83. The van der Waals surface area contributed by atoms with Crippen LogP contribution in [0.2, 0.25) is 5.02 Å². The van der Waals surface area contributed by atoms with Crippen molar-refractivity contribution < 1.29 is 0 Å². The van der Waals surface area contributed by atoms with Gasteiger partial charge in [-0.1, -0.05) is 18.5 Å². The summed E-state index contributed by atoms with van der Waals surface area (Å²) in [5, 5.41) is 7.70. The lowest BCUT2D eigenvalue weighted by atomic mass is 10.3. The molecular formula is C11H11BrClN3S. The van der Waals surface area contributed by atoms with Gasteiger partial charge in [0, 0.05) is 10.9 Å². The molecule has 1 aromatic carbocycles. The van der Waals surface area contributed by atoms with E-state index in [0.29, 0.717) is 9.79 Å². The number of halogens is 2. The molecule has 90 valence electrons. The van der Waals surface area contributed by atoms with Gasteiger partial charge in [0.25, 0.3) is 0 Å². The Labute approximate surface area is 118 Å². The summed E-state index contributed by atoms with van der Waals surface area (Å²) in [6.45, 7) is 2.11. The number of rotatable bonds is 3. The SMILES string of the molecule is CCCc1n[nH]c(=S)n1-c1ccc(Br)c(Cl)c1.